The van der Waals surface area contributed by atoms with Crippen LogP contribution in [0.2, 0.25) is 0 Å². The van der Waals surface area contributed by atoms with E-state index in [0.29, 0.717) is 11.8 Å². The first-order chi connectivity index (χ1) is 10.1. The Hall–Kier alpha value is -0.650. The second-order valence-corrected chi connectivity index (χ2v) is 6.59. The van der Waals surface area contributed by atoms with Crippen LogP contribution in [0.3, 0.4) is 0 Å². The zero-order valence-corrected chi connectivity index (χ0v) is 13.9. The molecule has 2 rings (SSSR count). The Balaban J connectivity index is 1.86. The Bertz CT molecular complexity index is 329. The highest BCUT2D eigenvalue weighted by Crippen LogP contribution is 2.20. The first kappa shape index (κ1) is 16.7. The van der Waals surface area contributed by atoms with E-state index in [1.807, 2.05) is 19.0 Å². The van der Waals surface area contributed by atoms with Gasteiger partial charge < -0.3 is 9.64 Å². The lowest BCUT2D eigenvalue weighted by Crippen LogP contribution is -2.51. The van der Waals surface area contributed by atoms with Crippen molar-refractivity contribution < 1.29 is 9.53 Å². The van der Waals surface area contributed by atoms with E-state index in [0.717, 1.165) is 58.8 Å². The molecule has 0 N–H and O–H groups in total. The van der Waals surface area contributed by atoms with Gasteiger partial charge in [-0.3, -0.25) is 14.6 Å². The number of likely N-dealkylation sites (N-methyl/N-ethyl adjacent to an activating group) is 1. The van der Waals surface area contributed by atoms with Gasteiger partial charge in [0.05, 0.1) is 19.3 Å². The van der Waals surface area contributed by atoms with E-state index >= 15 is 0 Å². The quantitative estimate of drug-likeness (QED) is 0.755. The molecule has 2 aliphatic heterocycles. The van der Waals surface area contributed by atoms with Crippen LogP contribution < -0.4 is 0 Å². The van der Waals surface area contributed by atoms with Crippen molar-refractivity contribution in [2.24, 2.45) is 5.92 Å². The molecule has 5 nitrogen and oxygen atoms in total. The second-order valence-electron chi connectivity index (χ2n) is 6.59. The minimum absolute atomic E-state index is 0.0344. The van der Waals surface area contributed by atoms with Crippen molar-refractivity contribution in [2.75, 3.05) is 60.0 Å². The van der Waals surface area contributed by atoms with Crippen LogP contribution >= 0.6 is 0 Å². The van der Waals surface area contributed by atoms with Gasteiger partial charge in [-0.1, -0.05) is 6.92 Å². The molecule has 0 saturated carbocycles. The summed E-state index contributed by atoms with van der Waals surface area (Å²) in [5, 5.41) is 0. The van der Waals surface area contributed by atoms with Gasteiger partial charge >= 0.3 is 0 Å². The Morgan fingerprint density at radius 3 is 2.62 bits per heavy atom. The number of amides is 1. The average Bonchev–Trinajstić information content (AvgIpc) is 2.49. The van der Waals surface area contributed by atoms with Gasteiger partial charge in [-0.2, -0.15) is 0 Å². The highest BCUT2D eigenvalue weighted by Gasteiger charge is 2.30. The molecule has 5 heteroatoms. The standard InChI is InChI=1S/C16H31N3O2/c1-4-15(17(2)3)16(20)19-7-5-6-14(13-19)12-18-8-10-21-11-9-18/h14-15H,4-13H2,1-3H3/t14-,15-/m1/s1. The maximum absolute atomic E-state index is 12.7. The van der Waals surface area contributed by atoms with Crippen LogP contribution in [-0.4, -0.2) is 86.7 Å². The van der Waals surface area contributed by atoms with E-state index in [-0.39, 0.29) is 6.04 Å². The van der Waals surface area contributed by atoms with Gasteiger partial charge in [0.1, 0.15) is 0 Å². The van der Waals surface area contributed by atoms with Crippen molar-refractivity contribution in [1.29, 1.82) is 0 Å². The number of carbonyl (C=O) groups is 1. The fourth-order valence-corrected chi connectivity index (χ4v) is 3.53. The van der Waals surface area contributed by atoms with Gasteiger partial charge in [0.2, 0.25) is 5.91 Å². The molecule has 2 atom stereocenters. The van der Waals surface area contributed by atoms with Crippen molar-refractivity contribution in [2.45, 2.75) is 32.2 Å². The van der Waals surface area contributed by atoms with Crippen LogP contribution in [0.15, 0.2) is 0 Å². The lowest BCUT2D eigenvalue weighted by Gasteiger charge is -2.38. The smallest absolute Gasteiger partial charge is 0.239 e. The topological polar surface area (TPSA) is 36.0 Å². The van der Waals surface area contributed by atoms with E-state index in [1.54, 1.807) is 0 Å². The van der Waals surface area contributed by atoms with Crippen molar-refractivity contribution in [1.82, 2.24) is 14.7 Å². The summed E-state index contributed by atoms with van der Waals surface area (Å²) >= 11 is 0. The van der Waals surface area contributed by atoms with Crippen molar-refractivity contribution in [3.63, 3.8) is 0 Å². The molecule has 2 aliphatic rings. The summed E-state index contributed by atoms with van der Waals surface area (Å²) in [4.78, 5) is 19.3. The summed E-state index contributed by atoms with van der Waals surface area (Å²) in [6.45, 7) is 8.87. The Morgan fingerprint density at radius 1 is 1.29 bits per heavy atom. The van der Waals surface area contributed by atoms with E-state index in [1.165, 1.54) is 6.42 Å². The summed E-state index contributed by atoms with van der Waals surface area (Å²) in [6, 6.07) is 0.0344. The maximum Gasteiger partial charge on any atom is 0.239 e. The first-order valence-corrected chi connectivity index (χ1v) is 8.37. The zero-order chi connectivity index (χ0) is 15.2. The molecular weight excluding hydrogens is 266 g/mol. The minimum atomic E-state index is 0.0344. The van der Waals surface area contributed by atoms with Gasteiger partial charge in [-0.25, -0.2) is 0 Å². The number of nitrogens with zero attached hydrogens (tertiary/aromatic N) is 3. The first-order valence-electron chi connectivity index (χ1n) is 8.37. The molecule has 2 saturated heterocycles. The Kier molecular flexibility index (Phi) is 6.45. The molecule has 1 amide bonds. The van der Waals surface area contributed by atoms with E-state index in [2.05, 4.69) is 16.7 Å². The maximum atomic E-state index is 12.7. The van der Waals surface area contributed by atoms with E-state index in [9.17, 15) is 4.79 Å². The normalized spacial score (nSPS) is 26.1. The largest absolute Gasteiger partial charge is 0.379 e. The van der Waals surface area contributed by atoms with Crippen LogP contribution in [0.25, 0.3) is 0 Å². The second kappa shape index (κ2) is 8.11. The molecule has 0 unspecified atom stereocenters. The fraction of sp³-hybridized carbons (Fsp3) is 0.938. The number of hydrogen-bond donors (Lipinski definition) is 0. The number of morpholine rings is 1. The lowest BCUT2D eigenvalue weighted by atomic mass is 9.96. The summed E-state index contributed by atoms with van der Waals surface area (Å²) in [5.41, 5.74) is 0. The lowest BCUT2D eigenvalue weighted by molar-refractivity contribution is -0.138. The van der Waals surface area contributed by atoms with Crippen molar-refractivity contribution in [3.05, 3.63) is 0 Å². The molecule has 2 fully saturated rings. The Labute approximate surface area is 129 Å². The SMILES string of the molecule is CC[C@H](C(=O)N1CCC[C@H](CN2CCOCC2)C1)N(C)C. The van der Waals surface area contributed by atoms with Crippen molar-refractivity contribution in [3.8, 4) is 0 Å². The number of likely N-dealkylation sites (tertiary alicyclic amines) is 1. The predicted molar refractivity (Wildman–Crippen MR) is 84.3 cm³/mol. The molecule has 0 spiro atoms. The Morgan fingerprint density at radius 2 is 2.00 bits per heavy atom. The molecule has 0 aromatic carbocycles. The third-order valence-corrected chi connectivity index (χ3v) is 4.75. The average molecular weight is 297 g/mol. The number of piperidine rings is 1. The molecule has 122 valence electrons. The molecule has 0 radical (unpaired) electrons. The highest BCUT2D eigenvalue weighted by molar-refractivity contribution is 5.81. The molecule has 21 heavy (non-hydrogen) atoms. The van der Waals surface area contributed by atoms with E-state index < -0.39 is 0 Å². The number of rotatable bonds is 5. The molecule has 0 aliphatic carbocycles. The minimum Gasteiger partial charge on any atom is -0.379 e. The van der Waals surface area contributed by atoms with Crippen LogP contribution in [0, 0.1) is 5.92 Å². The summed E-state index contributed by atoms with van der Waals surface area (Å²) < 4.78 is 5.41. The van der Waals surface area contributed by atoms with Crippen LogP contribution in [0.1, 0.15) is 26.2 Å². The number of carbonyl (C=O) groups excluding carboxylic acids is 1. The molecular formula is C16H31N3O2. The molecule has 2 heterocycles. The van der Waals surface area contributed by atoms with E-state index in [4.69, 9.17) is 4.74 Å². The monoisotopic (exact) mass is 297 g/mol. The van der Waals surface area contributed by atoms with Crippen LogP contribution in [0.4, 0.5) is 0 Å². The summed E-state index contributed by atoms with van der Waals surface area (Å²) in [5.74, 6) is 0.939. The van der Waals surface area contributed by atoms with Gasteiger partial charge in [-0.15, -0.1) is 0 Å². The number of ether oxygens (including phenoxy) is 1. The highest BCUT2D eigenvalue weighted by atomic mass is 16.5. The molecule has 0 aromatic heterocycles. The van der Waals surface area contributed by atoms with Gasteiger partial charge in [0.25, 0.3) is 0 Å². The summed E-state index contributed by atoms with van der Waals surface area (Å²) in [6.07, 6.45) is 3.28. The predicted octanol–water partition coefficient (Wildman–Crippen LogP) is 0.897. The van der Waals surface area contributed by atoms with Crippen molar-refractivity contribution >= 4 is 5.91 Å². The third-order valence-electron chi connectivity index (χ3n) is 4.75. The van der Waals surface area contributed by atoms with Gasteiger partial charge in [0.15, 0.2) is 0 Å². The molecule has 0 bridgehead atoms. The van der Waals surface area contributed by atoms with Gasteiger partial charge in [0, 0.05) is 32.7 Å². The summed E-state index contributed by atoms with van der Waals surface area (Å²) in [7, 11) is 4.00. The molecule has 0 aromatic rings. The van der Waals surface area contributed by atoms with Crippen LogP contribution in [-0.2, 0) is 9.53 Å². The fourth-order valence-electron chi connectivity index (χ4n) is 3.53. The van der Waals surface area contributed by atoms with Gasteiger partial charge in [-0.05, 0) is 39.3 Å². The van der Waals surface area contributed by atoms with Crippen LogP contribution in [0.5, 0.6) is 0 Å². The number of hydrogen-bond acceptors (Lipinski definition) is 4. The zero-order valence-electron chi connectivity index (χ0n) is 13.9. The third kappa shape index (κ3) is 4.66.